The fraction of sp³-hybridized carbons (Fsp3) is 0.875. The first-order chi connectivity index (χ1) is 9.75. The molecule has 1 rings (SSSR count). The van der Waals surface area contributed by atoms with Crippen LogP contribution in [0.25, 0.3) is 0 Å². The van der Waals surface area contributed by atoms with Crippen LogP contribution in [0, 0.1) is 17.3 Å². The Morgan fingerprint density at radius 2 is 1.81 bits per heavy atom. The molecule has 1 aliphatic rings. The molecule has 1 amide bonds. The van der Waals surface area contributed by atoms with Gasteiger partial charge in [0.25, 0.3) is 0 Å². The highest BCUT2D eigenvalue weighted by molar-refractivity contribution is 5.91. The van der Waals surface area contributed by atoms with Gasteiger partial charge in [-0.25, -0.2) is 0 Å². The van der Waals surface area contributed by atoms with Gasteiger partial charge in [0.1, 0.15) is 0 Å². The molecule has 0 aliphatic heterocycles. The van der Waals surface area contributed by atoms with Crippen LogP contribution in [-0.2, 0) is 9.59 Å². The second-order valence-electron chi connectivity index (χ2n) is 6.69. The third kappa shape index (κ3) is 4.43. The molecule has 0 bridgehead atoms. The number of aliphatic carboxylic acids is 1. The Morgan fingerprint density at radius 1 is 1.24 bits per heavy atom. The van der Waals surface area contributed by atoms with Gasteiger partial charge in [0.15, 0.2) is 0 Å². The highest BCUT2D eigenvalue weighted by Crippen LogP contribution is 2.58. The van der Waals surface area contributed by atoms with E-state index in [0.29, 0.717) is 0 Å². The molecule has 0 aromatic heterocycles. The third-order valence-electron chi connectivity index (χ3n) is 4.77. The van der Waals surface area contributed by atoms with Crippen molar-refractivity contribution in [2.45, 2.75) is 53.5 Å². The maximum Gasteiger partial charge on any atom is 0.307 e. The van der Waals surface area contributed by atoms with Gasteiger partial charge in [0.05, 0.1) is 11.8 Å². The molecule has 0 radical (unpaired) electrons. The summed E-state index contributed by atoms with van der Waals surface area (Å²) >= 11 is 0. The zero-order valence-corrected chi connectivity index (χ0v) is 14.0. The molecule has 1 fully saturated rings. The fourth-order valence-corrected chi connectivity index (χ4v) is 3.15. The second-order valence-corrected chi connectivity index (χ2v) is 6.69. The maximum atomic E-state index is 12.2. The van der Waals surface area contributed by atoms with E-state index in [1.54, 1.807) is 0 Å². The van der Waals surface area contributed by atoms with Crippen LogP contribution in [0.2, 0.25) is 0 Å². The summed E-state index contributed by atoms with van der Waals surface area (Å²) in [6, 6.07) is 0.0962. The molecule has 0 heterocycles. The highest BCUT2D eigenvalue weighted by atomic mass is 16.4. The predicted molar refractivity (Wildman–Crippen MR) is 83.0 cm³/mol. The Kier molecular flexibility index (Phi) is 6.20. The van der Waals surface area contributed by atoms with Crippen molar-refractivity contribution in [1.82, 2.24) is 10.2 Å². The SMILES string of the molecule is CCN(CC)CCCC(C)NC(=O)[C@H]1[C@@H](C(=O)O)C1(C)C. The largest absolute Gasteiger partial charge is 0.481 e. The average molecular weight is 298 g/mol. The van der Waals surface area contributed by atoms with E-state index in [2.05, 4.69) is 24.1 Å². The number of hydrogen-bond acceptors (Lipinski definition) is 3. The van der Waals surface area contributed by atoms with Gasteiger partial charge in [0, 0.05) is 6.04 Å². The van der Waals surface area contributed by atoms with E-state index in [-0.39, 0.29) is 17.9 Å². The summed E-state index contributed by atoms with van der Waals surface area (Å²) in [7, 11) is 0. The van der Waals surface area contributed by atoms with Gasteiger partial charge in [-0.1, -0.05) is 27.7 Å². The first kappa shape index (κ1) is 18.0. The van der Waals surface area contributed by atoms with E-state index >= 15 is 0 Å². The van der Waals surface area contributed by atoms with Gasteiger partial charge in [-0.15, -0.1) is 0 Å². The summed E-state index contributed by atoms with van der Waals surface area (Å²) in [5.74, 6) is -1.90. The zero-order chi connectivity index (χ0) is 16.2. The Morgan fingerprint density at radius 3 is 2.24 bits per heavy atom. The van der Waals surface area contributed by atoms with Gasteiger partial charge in [-0.05, 0) is 44.8 Å². The molecule has 0 aromatic rings. The van der Waals surface area contributed by atoms with Crippen LogP contribution in [0.5, 0.6) is 0 Å². The molecule has 1 aliphatic carbocycles. The Balaban J connectivity index is 2.34. The normalized spacial score (nSPS) is 24.7. The fourth-order valence-electron chi connectivity index (χ4n) is 3.15. The van der Waals surface area contributed by atoms with Crippen molar-refractivity contribution in [3.63, 3.8) is 0 Å². The van der Waals surface area contributed by atoms with Crippen molar-refractivity contribution in [3.8, 4) is 0 Å². The molecule has 0 spiro atoms. The quantitative estimate of drug-likeness (QED) is 0.683. The maximum absolute atomic E-state index is 12.2. The lowest BCUT2D eigenvalue weighted by molar-refractivity contribution is -0.140. The molecular weight excluding hydrogens is 268 g/mol. The summed E-state index contributed by atoms with van der Waals surface area (Å²) in [5, 5.41) is 12.1. The number of carbonyl (C=O) groups excluding carboxylic acids is 1. The van der Waals surface area contributed by atoms with Crippen molar-refractivity contribution < 1.29 is 14.7 Å². The minimum atomic E-state index is -0.866. The highest BCUT2D eigenvalue weighted by Gasteiger charge is 2.65. The van der Waals surface area contributed by atoms with Crippen molar-refractivity contribution in [1.29, 1.82) is 0 Å². The molecule has 3 atom stereocenters. The van der Waals surface area contributed by atoms with Crippen molar-refractivity contribution in [3.05, 3.63) is 0 Å². The van der Waals surface area contributed by atoms with E-state index in [4.69, 9.17) is 5.11 Å². The first-order valence-electron chi connectivity index (χ1n) is 8.01. The molecule has 1 saturated carbocycles. The molecular formula is C16H30N2O3. The lowest BCUT2D eigenvalue weighted by Crippen LogP contribution is -2.35. The Bertz CT molecular complexity index is 378. The monoisotopic (exact) mass is 298 g/mol. The standard InChI is InChI=1S/C16H30N2O3/c1-6-18(7-2)10-8-9-11(3)17-14(19)12-13(15(20)21)16(12,4)5/h11-13H,6-10H2,1-5H3,(H,17,19)(H,20,21)/t11?,12-,13+/m1/s1. The molecule has 0 aromatic carbocycles. The zero-order valence-electron chi connectivity index (χ0n) is 14.0. The van der Waals surface area contributed by atoms with Gasteiger partial charge < -0.3 is 15.3 Å². The van der Waals surface area contributed by atoms with E-state index < -0.39 is 17.3 Å². The van der Waals surface area contributed by atoms with Crippen LogP contribution in [0.15, 0.2) is 0 Å². The van der Waals surface area contributed by atoms with Gasteiger partial charge in [-0.2, -0.15) is 0 Å². The smallest absolute Gasteiger partial charge is 0.307 e. The number of amides is 1. The summed E-state index contributed by atoms with van der Waals surface area (Å²) in [6.45, 7) is 13.1. The first-order valence-corrected chi connectivity index (χ1v) is 8.01. The van der Waals surface area contributed by atoms with Gasteiger partial charge in [-0.3, -0.25) is 9.59 Å². The number of nitrogens with zero attached hydrogens (tertiary/aromatic N) is 1. The predicted octanol–water partition coefficient (Wildman–Crippen LogP) is 1.97. The number of carbonyl (C=O) groups is 2. The second kappa shape index (κ2) is 7.25. The molecule has 5 heteroatoms. The minimum Gasteiger partial charge on any atom is -0.481 e. The van der Waals surface area contributed by atoms with Crippen molar-refractivity contribution in [2.75, 3.05) is 19.6 Å². The summed E-state index contributed by atoms with van der Waals surface area (Å²) in [6.07, 6.45) is 1.96. The molecule has 2 N–H and O–H groups in total. The lowest BCUT2D eigenvalue weighted by Gasteiger charge is -2.20. The van der Waals surface area contributed by atoms with Crippen LogP contribution >= 0.6 is 0 Å². The third-order valence-corrected chi connectivity index (χ3v) is 4.77. The minimum absolute atomic E-state index is 0.0962. The van der Waals surface area contributed by atoms with Crippen LogP contribution in [0.1, 0.15) is 47.5 Å². The van der Waals surface area contributed by atoms with E-state index in [9.17, 15) is 9.59 Å². The summed E-state index contributed by atoms with van der Waals surface area (Å²) in [5.41, 5.74) is -0.420. The number of rotatable bonds is 9. The Hall–Kier alpha value is -1.10. The van der Waals surface area contributed by atoms with Crippen molar-refractivity contribution in [2.24, 2.45) is 17.3 Å². The molecule has 5 nitrogen and oxygen atoms in total. The van der Waals surface area contributed by atoms with E-state index in [1.807, 2.05) is 20.8 Å². The molecule has 122 valence electrons. The lowest BCUT2D eigenvalue weighted by atomic mass is 10.1. The summed E-state index contributed by atoms with van der Waals surface area (Å²) in [4.78, 5) is 25.6. The van der Waals surface area contributed by atoms with Gasteiger partial charge in [0.2, 0.25) is 5.91 Å². The number of nitrogens with one attached hydrogen (secondary N) is 1. The van der Waals surface area contributed by atoms with E-state index in [1.165, 1.54) is 0 Å². The Labute approximate surface area is 128 Å². The van der Waals surface area contributed by atoms with E-state index in [0.717, 1.165) is 32.5 Å². The molecule has 1 unspecified atom stereocenters. The van der Waals surface area contributed by atoms with Crippen LogP contribution in [0.4, 0.5) is 0 Å². The molecule has 0 saturated heterocycles. The number of carboxylic acids is 1. The van der Waals surface area contributed by atoms with Crippen LogP contribution in [-0.4, -0.2) is 47.6 Å². The average Bonchev–Trinajstić information content (AvgIpc) is 2.98. The molecule has 21 heavy (non-hydrogen) atoms. The number of hydrogen-bond donors (Lipinski definition) is 2. The number of carboxylic acid groups (broad SMARTS) is 1. The summed E-state index contributed by atoms with van der Waals surface area (Å²) < 4.78 is 0. The van der Waals surface area contributed by atoms with Crippen LogP contribution < -0.4 is 5.32 Å². The van der Waals surface area contributed by atoms with Crippen molar-refractivity contribution >= 4 is 11.9 Å². The van der Waals surface area contributed by atoms with Crippen LogP contribution in [0.3, 0.4) is 0 Å². The topological polar surface area (TPSA) is 69.6 Å². The van der Waals surface area contributed by atoms with Gasteiger partial charge >= 0.3 is 5.97 Å².